The second-order valence-corrected chi connectivity index (χ2v) is 6.67. The summed E-state index contributed by atoms with van der Waals surface area (Å²) in [5.41, 5.74) is 0. The highest BCUT2D eigenvalue weighted by molar-refractivity contribution is 14.0. The van der Waals surface area contributed by atoms with Crippen LogP contribution in [0, 0.1) is 6.92 Å². The van der Waals surface area contributed by atoms with Gasteiger partial charge in [0, 0.05) is 45.2 Å². The molecule has 3 rings (SSSR count). The minimum atomic E-state index is 0. The molecule has 0 bridgehead atoms. The van der Waals surface area contributed by atoms with Gasteiger partial charge in [-0.15, -0.1) is 24.0 Å². The maximum atomic E-state index is 5.40. The second kappa shape index (κ2) is 12.1. The predicted molar refractivity (Wildman–Crippen MR) is 119 cm³/mol. The van der Waals surface area contributed by atoms with Gasteiger partial charge in [-0.25, -0.2) is 9.67 Å². The Hall–Kier alpha value is -1.62. The summed E-state index contributed by atoms with van der Waals surface area (Å²) in [7, 11) is 0. The first-order valence-corrected chi connectivity index (χ1v) is 9.80. The molecule has 156 valence electrons. The Morgan fingerprint density at radius 1 is 1.46 bits per heavy atom. The molecule has 9 heteroatoms. The molecule has 28 heavy (non-hydrogen) atoms. The molecule has 0 spiro atoms. The molecular formula is C19H31IN6O2. The monoisotopic (exact) mass is 502 g/mol. The maximum absolute atomic E-state index is 5.40. The van der Waals surface area contributed by atoms with Crippen LogP contribution in [-0.2, 0) is 24.1 Å². The standard InChI is InChI=1S/C19H30N6O2.HI/c1-3-26-12-5-10-20-19(21-11-9-17-6-4-13-27-17)23-16-7-8-18-22-15(2)24-25(18)14-16;/h4,6,13,16H,3,5,7-12,14H2,1-2H3,(H2,20,21,23);1H. The molecule has 0 radical (unpaired) electrons. The van der Waals surface area contributed by atoms with Crippen LogP contribution in [0.2, 0.25) is 0 Å². The number of aromatic nitrogens is 3. The summed E-state index contributed by atoms with van der Waals surface area (Å²) in [6, 6.07) is 4.19. The van der Waals surface area contributed by atoms with Crippen LogP contribution < -0.4 is 10.6 Å². The number of aliphatic imine (C=N–C) groups is 1. The summed E-state index contributed by atoms with van der Waals surface area (Å²) >= 11 is 0. The Morgan fingerprint density at radius 3 is 3.14 bits per heavy atom. The summed E-state index contributed by atoms with van der Waals surface area (Å²) in [6.45, 7) is 7.75. The molecule has 0 amide bonds. The van der Waals surface area contributed by atoms with Gasteiger partial charge in [0.15, 0.2) is 5.96 Å². The van der Waals surface area contributed by atoms with E-state index in [1.165, 1.54) is 0 Å². The van der Waals surface area contributed by atoms with Gasteiger partial charge in [-0.05, 0) is 38.8 Å². The topological polar surface area (TPSA) is 89.5 Å². The van der Waals surface area contributed by atoms with Crippen molar-refractivity contribution in [1.82, 2.24) is 25.4 Å². The molecule has 3 heterocycles. The third-order valence-electron chi connectivity index (χ3n) is 4.47. The van der Waals surface area contributed by atoms with Crippen molar-refractivity contribution in [2.24, 2.45) is 4.99 Å². The molecule has 2 aromatic rings. The van der Waals surface area contributed by atoms with E-state index in [2.05, 4.69) is 20.7 Å². The first kappa shape index (κ1) is 22.7. The predicted octanol–water partition coefficient (Wildman–Crippen LogP) is 2.32. The van der Waals surface area contributed by atoms with E-state index in [4.69, 9.17) is 14.1 Å². The van der Waals surface area contributed by atoms with Crippen LogP contribution in [0.1, 0.15) is 37.2 Å². The number of fused-ring (bicyclic) bond motifs is 1. The van der Waals surface area contributed by atoms with Gasteiger partial charge in [-0.1, -0.05) is 0 Å². The average Bonchev–Trinajstić information content (AvgIpc) is 3.29. The molecule has 0 aliphatic carbocycles. The molecule has 0 aromatic carbocycles. The molecule has 1 atom stereocenters. The first-order valence-electron chi connectivity index (χ1n) is 9.80. The van der Waals surface area contributed by atoms with Crippen molar-refractivity contribution >= 4 is 29.9 Å². The highest BCUT2D eigenvalue weighted by Crippen LogP contribution is 2.12. The summed E-state index contributed by atoms with van der Waals surface area (Å²) in [4.78, 5) is 9.18. The van der Waals surface area contributed by atoms with Gasteiger partial charge < -0.3 is 19.8 Å². The number of nitrogens with one attached hydrogen (secondary N) is 2. The molecular weight excluding hydrogens is 471 g/mol. The van der Waals surface area contributed by atoms with Gasteiger partial charge in [0.1, 0.15) is 17.4 Å². The fourth-order valence-corrected chi connectivity index (χ4v) is 3.16. The lowest BCUT2D eigenvalue weighted by Gasteiger charge is -2.25. The van der Waals surface area contributed by atoms with Gasteiger partial charge in [0.05, 0.1) is 12.8 Å². The molecule has 0 saturated carbocycles. The maximum Gasteiger partial charge on any atom is 0.191 e. The van der Waals surface area contributed by atoms with Crippen molar-refractivity contribution in [2.75, 3.05) is 26.3 Å². The molecule has 1 aliphatic rings. The van der Waals surface area contributed by atoms with Crippen molar-refractivity contribution in [3.8, 4) is 0 Å². The lowest BCUT2D eigenvalue weighted by atomic mass is 10.1. The number of hydrogen-bond donors (Lipinski definition) is 2. The summed E-state index contributed by atoms with van der Waals surface area (Å²) < 4.78 is 12.8. The van der Waals surface area contributed by atoms with Crippen LogP contribution in [0.5, 0.6) is 0 Å². The molecule has 2 N–H and O–H groups in total. The number of halogens is 1. The molecule has 8 nitrogen and oxygen atoms in total. The quantitative estimate of drug-likeness (QED) is 0.237. The van der Waals surface area contributed by atoms with Crippen LogP contribution in [-0.4, -0.2) is 53.1 Å². The Labute approximate surface area is 183 Å². The second-order valence-electron chi connectivity index (χ2n) is 6.67. The smallest absolute Gasteiger partial charge is 0.191 e. The van der Waals surface area contributed by atoms with E-state index in [1.54, 1.807) is 6.26 Å². The molecule has 1 aliphatic heterocycles. The van der Waals surface area contributed by atoms with Crippen LogP contribution >= 0.6 is 24.0 Å². The van der Waals surface area contributed by atoms with Crippen LogP contribution in [0.25, 0.3) is 0 Å². The third kappa shape index (κ3) is 7.08. The average molecular weight is 502 g/mol. The van der Waals surface area contributed by atoms with E-state index < -0.39 is 0 Å². The molecule has 1 unspecified atom stereocenters. The summed E-state index contributed by atoms with van der Waals surface area (Å²) in [5.74, 6) is 3.72. The van der Waals surface area contributed by atoms with E-state index in [9.17, 15) is 0 Å². The highest BCUT2D eigenvalue weighted by atomic mass is 127. The minimum Gasteiger partial charge on any atom is -0.469 e. The van der Waals surface area contributed by atoms with Crippen LogP contribution in [0.15, 0.2) is 27.8 Å². The number of hydrogen-bond acceptors (Lipinski definition) is 5. The van der Waals surface area contributed by atoms with Crippen molar-refractivity contribution < 1.29 is 9.15 Å². The Bertz CT molecular complexity index is 716. The fraction of sp³-hybridized carbons (Fsp3) is 0.632. The minimum absolute atomic E-state index is 0. The van der Waals surface area contributed by atoms with E-state index >= 15 is 0 Å². The molecule has 0 saturated heterocycles. The molecule has 2 aromatic heterocycles. The lowest BCUT2D eigenvalue weighted by molar-refractivity contribution is 0.146. The molecule has 0 fully saturated rings. The van der Waals surface area contributed by atoms with Gasteiger partial charge in [-0.2, -0.15) is 5.10 Å². The van der Waals surface area contributed by atoms with Gasteiger partial charge in [0.25, 0.3) is 0 Å². The van der Waals surface area contributed by atoms with Gasteiger partial charge >= 0.3 is 0 Å². The largest absolute Gasteiger partial charge is 0.469 e. The van der Waals surface area contributed by atoms with Crippen molar-refractivity contribution in [2.45, 2.75) is 52.1 Å². The summed E-state index contributed by atoms with van der Waals surface area (Å²) in [6.07, 6.45) is 5.40. The Morgan fingerprint density at radius 2 is 2.36 bits per heavy atom. The zero-order valence-electron chi connectivity index (χ0n) is 16.7. The third-order valence-corrected chi connectivity index (χ3v) is 4.47. The van der Waals surface area contributed by atoms with E-state index in [0.29, 0.717) is 6.04 Å². The van der Waals surface area contributed by atoms with Crippen LogP contribution in [0.3, 0.4) is 0 Å². The van der Waals surface area contributed by atoms with Crippen molar-refractivity contribution in [1.29, 1.82) is 0 Å². The summed E-state index contributed by atoms with van der Waals surface area (Å²) in [5, 5.41) is 11.5. The number of guanidine groups is 1. The number of furan rings is 1. The Balaban J connectivity index is 0.00000280. The number of ether oxygens (including phenoxy) is 1. The number of nitrogens with zero attached hydrogens (tertiary/aromatic N) is 4. The zero-order chi connectivity index (χ0) is 18.9. The fourth-order valence-electron chi connectivity index (χ4n) is 3.16. The first-order chi connectivity index (χ1) is 13.2. The SMILES string of the molecule is CCOCCCN=C(NCCc1ccco1)NC1CCc2nc(C)nn2C1.I. The normalized spacial score (nSPS) is 16.4. The van der Waals surface area contributed by atoms with Gasteiger partial charge in [-0.3, -0.25) is 4.99 Å². The van der Waals surface area contributed by atoms with Crippen LogP contribution in [0.4, 0.5) is 0 Å². The van der Waals surface area contributed by atoms with Crippen molar-refractivity contribution in [3.63, 3.8) is 0 Å². The zero-order valence-corrected chi connectivity index (χ0v) is 19.0. The van der Waals surface area contributed by atoms with Gasteiger partial charge in [0.2, 0.25) is 0 Å². The van der Waals surface area contributed by atoms with E-state index in [-0.39, 0.29) is 24.0 Å². The highest BCUT2D eigenvalue weighted by Gasteiger charge is 2.21. The number of rotatable bonds is 9. The van der Waals surface area contributed by atoms with Crippen molar-refractivity contribution in [3.05, 3.63) is 35.8 Å². The Kier molecular flexibility index (Phi) is 9.76. The number of aryl methyl sites for hydroxylation is 2. The van der Waals surface area contributed by atoms with E-state index in [1.807, 2.05) is 30.7 Å². The van der Waals surface area contributed by atoms with E-state index in [0.717, 1.165) is 81.9 Å². The lowest BCUT2D eigenvalue weighted by Crippen LogP contribution is -2.47.